The molecule has 2 rings (SSSR count). The van der Waals surface area contributed by atoms with Crippen molar-refractivity contribution in [3.8, 4) is 0 Å². The molecule has 1 aliphatic rings. The van der Waals surface area contributed by atoms with Crippen molar-refractivity contribution in [1.29, 1.82) is 0 Å². The summed E-state index contributed by atoms with van der Waals surface area (Å²) in [6, 6.07) is 0. The molecule has 0 spiro atoms. The van der Waals surface area contributed by atoms with Gasteiger partial charge in [-0.15, -0.1) is 0 Å². The predicted molar refractivity (Wildman–Crippen MR) is 49.6 cm³/mol. The van der Waals surface area contributed by atoms with Crippen molar-refractivity contribution in [3.63, 3.8) is 0 Å². The summed E-state index contributed by atoms with van der Waals surface area (Å²) in [5, 5.41) is 13.2. The molecule has 0 aliphatic heterocycles. The minimum Gasteiger partial charge on any atom is -0.480 e. The van der Waals surface area contributed by atoms with Gasteiger partial charge in [0.15, 0.2) is 5.54 Å². The zero-order chi connectivity index (χ0) is 10.3. The summed E-state index contributed by atoms with van der Waals surface area (Å²) in [7, 11) is 1.78. The highest BCUT2D eigenvalue weighted by Crippen LogP contribution is 2.32. The molecule has 0 aromatic carbocycles. The lowest BCUT2D eigenvalue weighted by Gasteiger charge is -2.27. The van der Waals surface area contributed by atoms with Crippen LogP contribution >= 0.6 is 0 Å². The normalized spacial score (nSPS) is 25.9. The Balaban J connectivity index is 2.54. The van der Waals surface area contributed by atoms with E-state index in [-0.39, 0.29) is 0 Å². The Hall–Kier alpha value is -1.36. The van der Waals surface area contributed by atoms with Gasteiger partial charge in [0.25, 0.3) is 0 Å². The number of aliphatic carboxylic acids is 1. The van der Waals surface area contributed by atoms with Gasteiger partial charge >= 0.3 is 5.97 Å². The number of hydrogen-bond acceptors (Lipinski definition) is 3. The minimum absolute atomic E-state index is 0.465. The van der Waals surface area contributed by atoms with Crippen molar-refractivity contribution in [2.24, 2.45) is 12.8 Å². The molecule has 0 radical (unpaired) electrons. The molecule has 1 aromatic rings. The first kappa shape index (κ1) is 9.21. The standard InChI is InChI=1S/C9H13N3O2/c1-12-5-6-3-2-4-9(10,8(13)14)7(6)11-12/h5H,2-4,10H2,1H3,(H,13,14). The molecule has 1 heterocycles. The molecule has 76 valence electrons. The van der Waals surface area contributed by atoms with Gasteiger partial charge in [-0.1, -0.05) is 0 Å². The van der Waals surface area contributed by atoms with Gasteiger partial charge in [-0.05, 0) is 24.8 Å². The highest BCUT2D eigenvalue weighted by Gasteiger charge is 2.42. The molecule has 0 saturated carbocycles. The first-order chi connectivity index (χ1) is 6.54. The van der Waals surface area contributed by atoms with E-state index in [2.05, 4.69) is 5.10 Å². The van der Waals surface area contributed by atoms with Gasteiger partial charge in [-0.25, -0.2) is 4.79 Å². The Kier molecular flexibility index (Phi) is 1.85. The first-order valence-corrected chi connectivity index (χ1v) is 4.59. The van der Waals surface area contributed by atoms with Crippen LogP contribution in [0.4, 0.5) is 0 Å². The average molecular weight is 195 g/mol. The van der Waals surface area contributed by atoms with Crippen LogP contribution in [0.5, 0.6) is 0 Å². The first-order valence-electron chi connectivity index (χ1n) is 4.59. The van der Waals surface area contributed by atoms with E-state index in [0.29, 0.717) is 12.1 Å². The fourth-order valence-electron chi connectivity index (χ4n) is 1.98. The maximum Gasteiger partial charge on any atom is 0.330 e. The molecule has 0 amide bonds. The van der Waals surface area contributed by atoms with Crippen LogP contribution in [-0.4, -0.2) is 20.9 Å². The summed E-state index contributed by atoms with van der Waals surface area (Å²) in [4.78, 5) is 11.1. The van der Waals surface area contributed by atoms with Crippen LogP contribution in [0, 0.1) is 0 Å². The van der Waals surface area contributed by atoms with E-state index >= 15 is 0 Å². The summed E-state index contributed by atoms with van der Waals surface area (Å²) in [6.07, 6.45) is 3.99. The third kappa shape index (κ3) is 1.13. The molecule has 0 bridgehead atoms. The summed E-state index contributed by atoms with van der Waals surface area (Å²) in [6.45, 7) is 0. The highest BCUT2D eigenvalue weighted by atomic mass is 16.4. The third-order valence-corrected chi connectivity index (χ3v) is 2.73. The molecule has 14 heavy (non-hydrogen) atoms. The number of nitrogens with two attached hydrogens (primary N) is 1. The predicted octanol–water partition coefficient (Wildman–Crippen LogP) is -0.00500. The van der Waals surface area contributed by atoms with Crippen molar-refractivity contribution in [3.05, 3.63) is 17.5 Å². The highest BCUT2D eigenvalue weighted by molar-refractivity contribution is 5.80. The molecular formula is C9H13N3O2. The van der Waals surface area contributed by atoms with E-state index in [1.165, 1.54) is 0 Å². The number of carbonyl (C=O) groups is 1. The van der Waals surface area contributed by atoms with Gasteiger partial charge in [0.1, 0.15) is 0 Å². The van der Waals surface area contributed by atoms with Crippen LogP contribution < -0.4 is 5.73 Å². The number of hydrogen-bond donors (Lipinski definition) is 2. The van der Waals surface area contributed by atoms with Crippen molar-refractivity contribution in [2.45, 2.75) is 24.8 Å². The molecule has 1 aromatic heterocycles. The van der Waals surface area contributed by atoms with Gasteiger partial charge in [0.2, 0.25) is 0 Å². The quantitative estimate of drug-likeness (QED) is 0.660. The number of fused-ring (bicyclic) bond motifs is 1. The zero-order valence-corrected chi connectivity index (χ0v) is 8.03. The zero-order valence-electron chi connectivity index (χ0n) is 8.03. The Morgan fingerprint density at radius 1 is 1.79 bits per heavy atom. The van der Waals surface area contributed by atoms with Gasteiger partial charge < -0.3 is 10.8 Å². The molecule has 1 aliphatic carbocycles. The molecule has 0 saturated heterocycles. The second-order valence-electron chi connectivity index (χ2n) is 3.81. The summed E-state index contributed by atoms with van der Waals surface area (Å²) < 4.78 is 1.63. The number of nitrogens with zero attached hydrogens (tertiary/aromatic N) is 2. The number of carboxylic acid groups (broad SMARTS) is 1. The summed E-state index contributed by atoms with van der Waals surface area (Å²) in [5.41, 5.74) is 6.06. The maximum absolute atomic E-state index is 11.1. The third-order valence-electron chi connectivity index (χ3n) is 2.73. The fraction of sp³-hybridized carbons (Fsp3) is 0.556. The van der Waals surface area contributed by atoms with Crippen LogP contribution in [0.3, 0.4) is 0 Å². The van der Waals surface area contributed by atoms with E-state index in [0.717, 1.165) is 18.4 Å². The monoisotopic (exact) mass is 195 g/mol. The summed E-state index contributed by atoms with van der Waals surface area (Å²) >= 11 is 0. The molecule has 5 nitrogen and oxygen atoms in total. The lowest BCUT2D eigenvalue weighted by atomic mass is 9.82. The molecule has 0 fully saturated rings. The smallest absolute Gasteiger partial charge is 0.330 e. The SMILES string of the molecule is Cn1cc2c(n1)C(N)(C(=O)O)CCC2. The van der Waals surface area contributed by atoms with Crippen molar-refractivity contribution in [2.75, 3.05) is 0 Å². The van der Waals surface area contributed by atoms with Gasteiger partial charge in [0, 0.05) is 13.2 Å². The lowest BCUT2D eigenvalue weighted by molar-refractivity contribution is -0.144. The van der Waals surface area contributed by atoms with Crippen LogP contribution in [-0.2, 0) is 23.8 Å². The number of carboxylic acids is 1. The van der Waals surface area contributed by atoms with E-state index in [1.807, 2.05) is 6.20 Å². The summed E-state index contributed by atoms with van der Waals surface area (Å²) in [5.74, 6) is -0.989. The van der Waals surface area contributed by atoms with Gasteiger partial charge in [-0.2, -0.15) is 5.10 Å². The molecule has 3 N–H and O–H groups in total. The van der Waals surface area contributed by atoms with Crippen LogP contribution in [0.1, 0.15) is 24.1 Å². The van der Waals surface area contributed by atoms with Gasteiger partial charge in [0.05, 0.1) is 5.69 Å². The number of rotatable bonds is 1. The van der Waals surface area contributed by atoms with Crippen molar-refractivity contribution in [1.82, 2.24) is 9.78 Å². The topological polar surface area (TPSA) is 81.1 Å². The van der Waals surface area contributed by atoms with Gasteiger partial charge in [-0.3, -0.25) is 4.68 Å². The molecular weight excluding hydrogens is 182 g/mol. The Labute approximate surface area is 81.5 Å². The second-order valence-corrected chi connectivity index (χ2v) is 3.81. The molecule has 1 atom stereocenters. The second kappa shape index (κ2) is 2.81. The largest absolute Gasteiger partial charge is 0.480 e. The Morgan fingerprint density at radius 3 is 3.14 bits per heavy atom. The number of aryl methyl sites for hydroxylation is 2. The van der Waals surface area contributed by atoms with Crippen LogP contribution in [0.15, 0.2) is 6.20 Å². The molecule has 5 heteroatoms. The number of aromatic nitrogens is 2. The molecule has 1 unspecified atom stereocenters. The maximum atomic E-state index is 11.1. The average Bonchev–Trinajstić information content (AvgIpc) is 2.47. The minimum atomic E-state index is -1.28. The Morgan fingerprint density at radius 2 is 2.50 bits per heavy atom. The van der Waals surface area contributed by atoms with E-state index < -0.39 is 11.5 Å². The Bertz CT molecular complexity index is 385. The lowest BCUT2D eigenvalue weighted by Crippen LogP contribution is -2.47. The van der Waals surface area contributed by atoms with E-state index in [1.54, 1.807) is 11.7 Å². The van der Waals surface area contributed by atoms with Crippen molar-refractivity contribution >= 4 is 5.97 Å². The van der Waals surface area contributed by atoms with Crippen LogP contribution in [0.2, 0.25) is 0 Å². The van der Waals surface area contributed by atoms with Crippen molar-refractivity contribution < 1.29 is 9.90 Å². The fourth-order valence-corrected chi connectivity index (χ4v) is 1.98. The van der Waals surface area contributed by atoms with E-state index in [9.17, 15) is 4.79 Å². The van der Waals surface area contributed by atoms with E-state index in [4.69, 9.17) is 10.8 Å². The van der Waals surface area contributed by atoms with Crippen LogP contribution in [0.25, 0.3) is 0 Å².